The van der Waals surface area contributed by atoms with Gasteiger partial charge in [-0.1, -0.05) is 22.0 Å². The molecule has 1 N–H and O–H groups in total. The zero-order valence-electron chi connectivity index (χ0n) is 10.6. The van der Waals surface area contributed by atoms with E-state index in [1.165, 1.54) is 0 Å². The van der Waals surface area contributed by atoms with Gasteiger partial charge in [0, 0.05) is 17.5 Å². The molecule has 2 unspecified atom stereocenters. The summed E-state index contributed by atoms with van der Waals surface area (Å²) in [5.74, 6) is 0.817. The van der Waals surface area contributed by atoms with Crippen LogP contribution in [0.3, 0.4) is 0 Å². The minimum Gasteiger partial charge on any atom is -0.494 e. The lowest BCUT2D eigenvalue weighted by molar-refractivity contribution is 0.0532. The van der Waals surface area contributed by atoms with Gasteiger partial charge in [0.15, 0.2) is 0 Å². The van der Waals surface area contributed by atoms with E-state index in [0.717, 1.165) is 35.2 Å². The lowest BCUT2D eigenvalue weighted by atomic mass is 10.0. The van der Waals surface area contributed by atoms with Crippen molar-refractivity contribution in [3.63, 3.8) is 0 Å². The molecular formula is C14H19BrO3. The van der Waals surface area contributed by atoms with Crippen molar-refractivity contribution in [2.24, 2.45) is 0 Å². The molecule has 18 heavy (non-hydrogen) atoms. The van der Waals surface area contributed by atoms with Gasteiger partial charge >= 0.3 is 0 Å². The first-order valence-corrected chi connectivity index (χ1v) is 7.22. The van der Waals surface area contributed by atoms with E-state index in [1.54, 1.807) is 0 Å². The molecule has 4 heteroatoms. The molecule has 1 saturated heterocycles. The topological polar surface area (TPSA) is 38.7 Å². The molecule has 1 aliphatic heterocycles. The van der Waals surface area contributed by atoms with Gasteiger partial charge < -0.3 is 14.6 Å². The summed E-state index contributed by atoms with van der Waals surface area (Å²) in [5.41, 5.74) is 0.897. The number of aliphatic hydroxyl groups excluding tert-OH is 1. The molecule has 0 bridgehead atoms. The van der Waals surface area contributed by atoms with Crippen LogP contribution in [0.1, 0.15) is 37.9 Å². The number of halogens is 1. The van der Waals surface area contributed by atoms with Gasteiger partial charge in [0.05, 0.1) is 18.8 Å². The lowest BCUT2D eigenvalue weighted by Crippen LogP contribution is -2.11. The second kappa shape index (κ2) is 6.55. The Morgan fingerprint density at radius 3 is 3.00 bits per heavy atom. The molecule has 0 saturated carbocycles. The summed E-state index contributed by atoms with van der Waals surface area (Å²) in [6, 6.07) is 5.70. The fraction of sp³-hybridized carbons (Fsp3) is 0.571. The molecule has 1 aromatic rings. The van der Waals surface area contributed by atoms with Crippen LogP contribution >= 0.6 is 15.9 Å². The van der Waals surface area contributed by atoms with Crippen LogP contribution in [0.15, 0.2) is 22.7 Å². The van der Waals surface area contributed by atoms with Crippen LogP contribution in [0.5, 0.6) is 5.75 Å². The molecule has 1 fully saturated rings. The highest BCUT2D eigenvalue weighted by molar-refractivity contribution is 9.10. The van der Waals surface area contributed by atoms with E-state index in [2.05, 4.69) is 15.9 Å². The lowest BCUT2D eigenvalue weighted by Gasteiger charge is -2.17. The van der Waals surface area contributed by atoms with Crippen molar-refractivity contribution in [3.05, 3.63) is 28.2 Å². The first-order valence-electron chi connectivity index (χ1n) is 6.42. The molecule has 0 radical (unpaired) electrons. The minimum absolute atomic E-state index is 0.193. The van der Waals surface area contributed by atoms with E-state index in [4.69, 9.17) is 9.47 Å². The Morgan fingerprint density at radius 1 is 1.56 bits per heavy atom. The molecule has 0 amide bonds. The number of aliphatic hydroxyl groups is 1. The Kier molecular flexibility index (Phi) is 5.03. The van der Waals surface area contributed by atoms with Crippen LogP contribution in [0.4, 0.5) is 0 Å². The van der Waals surface area contributed by atoms with Crippen molar-refractivity contribution in [2.45, 2.75) is 38.4 Å². The van der Waals surface area contributed by atoms with Crippen molar-refractivity contribution >= 4 is 15.9 Å². The molecule has 1 aliphatic rings. The van der Waals surface area contributed by atoms with E-state index in [1.807, 2.05) is 25.1 Å². The Labute approximate surface area is 116 Å². The zero-order chi connectivity index (χ0) is 13.0. The van der Waals surface area contributed by atoms with Crippen LogP contribution < -0.4 is 4.74 Å². The van der Waals surface area contributed by atoms with Crippen molar-refractivity contribution in [3.8, 4) is 5.75 Å². The predicted octanol–water partition coefficient (Wildman–Crippen LogP) is 3.45. The standard InChI is InChI=1S/C14H19BrO3/c1-2-17-11-5-6-12(13(15)8-11)14(16)9-10-4-3-7-18-10/h5-6,8,10,14,16H,2-4,7,9H2,1H3. The van der Waals surface area contributed by atoms with Gasteiger partial charge in [-0.3, -0.25) is 0 Å². The Bertz CT molecular complexity index is 389. The van der Waals surface area contributed by atoms with E-state index < -0.39 is 6.10 Å². The molecular weight excluding hydrogens is 296 g/mol. The van der Waals surface area contributed by atoms with Crippen LogP contribution in [-0.4, -0.2) is 24.4 Å². The highest BCUT2D eigenvalue weighted by Gasteiger charge is 2.21. The number of hydrogen-bond acceptors (Lipinski definition) is 3. The van der Waals surface area contributed by atoms with E-state index >= 15 is 0 Å². The first-order chi connectivity index (χ1) is 8.70. The van der Waals surface area contributed by atoms with Crippen LogP contribution in [0, 0.1) is 0 Å². The average molecular weight is 315 g/mol. The van der Waals surface area contributed by atoms with Crippen molar-refractivity contribution in [2.75, 3.05) is 13.2 Å². The third-order valence-electron chi connectivity index (χ3n) is 3.15. The average Bonchev–Trinajstić information content (AvgIpc) is 2.82. The highest BCUT2D eigenvalue weighted by atomic mass is 79.9. The van der Waals surface area contributed by atoms with Gasteiger partial charge in [-0.2, -0.15) is 0 Å². The smallest absolute Gasteiger partial charge is 0.120 e. The van der Waals surface area contributed by atoms with Gasteiger partial charge in [0.1, 0.15) is 5.75 Å². The molecule has 1 aromatic carbocycles. The minimum atomic E-state index is -0.488. The van der Waals surface area contributed by atoms with Gasteiger partial charge in [0.25, 0.3) is 0 Å². The molecule has 0 spiro atoms. The van der Waals surface area contributed by atoms with Crippen LogP contribution in [0.2, 0.25) is 0 Å². The van der Waals surface area contributed by atoms with Crippen LogP contribution in [-0.2, 0) is 4.74 Å². The van der Waals surface area contributed by atoms with Crippen molar-refractivity contribution < 1.29 is 14.6 Å². The molecule has 3 nitrogen and oxygen atoms in total. The normalized spacial score (nSPS) is 20.9. The summed E-state index contributed by atoms with van der Waals surface area (Å²) >= 11 is 3.49. The van der Waals surface area contributed by atoms with E-state index in [9.17, 15) is 5.11 Å². The molecule has 2 rings (SSSR count). The van der Waals surface area contributed by atoms with E-state index in [-0.39, 0.29) is 6.10 Å². The second-order valence-corrected chi connectivity index (χ2v) is 5.36. The van der Waals surface area contributed by atoms with Crippen molar-refractivity contribution in [1.29, 1.82) is 0 Å². The monoisotopic (exact) mass is 314 g/mol. The number of hydrogen-bond donors (Lipinski definition) is 1. The molecule has 0 aromatic heterocycles. The molecule has 100 valence electrons. The largest absolute Gasteiger partial charge is 0.494 e. The third-order valence-corrected chi connectivity index (χ3v) is 3.84. The summed E-state index contributed by atoms with van der Waals surface area (Å²) < 4.78 is 11.9. The van der Waals surface area contributed by atoms with E-state index in [0.29, 0.717) is 13.0 Å². The quantitative estimate of drug-likeness (QED) is 0.904. The first kappa shape index (κ1) is 13.8. The number of rotatable bonds is 5. The van der Waals surface area contributed by atoms with Gasteiger partial charge in [0.2, 0.25) is 0 Å². The summed E-state index contributed by atoms with van der Waals surface area (Å²) in [4.78, 5) is 0. The fourth-order valence-corrected chi connectivity index (χ4v) is 2.86. The van der Waals surface area contributed by atoms with Gasteiger partial charge in [-0.25, -0.2) is 0 Å². The maximum absolute atomic E-state index is 10.2. The Balaban J connectivity index is 2.02. The van der Waals surface area contributed by atoms with Gasteiger partial charge in [-0.15, -0.1) is 0 Å². The highest BCUT2D eigenvalue weighted by Crippen LogP contribution is 2.32. The summed E-state index contributed by atoms with van der Waals surface area (Å²) in [6.07, 6.45) is 2.51. The zero-order valence-corrected chi connectivity index (χ0v) is 12.1. The molecule has 1 heterocycles. The van der Waals surface area contributed by atoms with Gasteiger partial charge in [-0.05, 0) is 37.5 Å². The van der Waals surface area contributed by atoms with Crippen molar-refractivity contribution in [1.82, 2.24) is 0 Å². The maximum atomic E-state index is 10.2. The Morgan fingerprint density at radius 2 is 2.39 bits per heavy atom. The predicted molar refractivity (Wildman–Crippen MR) is 73.9 cm³/mol. The number of ether oxygens (including phenoxy) is 2. The third kappa shape index (κ3) is 3.46. The SMILES string of the molecule is CCOc1ccc(C(O)CC2CCCO2)c(Br)c1. The summed E-state index contributed by atoms with van der Waals surface area (Å²) in [6.45, 7) is 3.42. The molecule has 2 atom stereocenters. The summed E-state index contributed by atoms with van der Waals surface area (Å²) in [5, 5.41) is 10.2. The van der Waals surface area contributed by atoms with Crippen LogP contribution in [0.25, 0.3) is 0 Å². The fourth-order valence-electron chi connectivity index (χ4n) is 2.24. The molecule has 0 aliphatic carbocycles. The second-order valence-electron chi connectivity index (χ2n) is 4.50. The number of benzene rings is 1. The Hall–Kier alpha value is -0.580. The summed E-state index contributed by atoms with van der Waals surface area (Å²) in [7, 11) is 0. The maximum Gasteiger partial charge on any atom is 0.120 e.